The first-order valence-electron chi connectivity index (χ1n) is 6.73. The number of benzene rings is 1. The zero-order valence-electron chi connectivity index (χ0n) is 11.9. The Hall–Kier alpha value is -1.26. The lowest BCUT2D eigenvalue weighted by Crippen LogP contribution is -2.56. The van der Waals surface area contributed by atoms with Crippen LogP contribution >= 0.6 is 23.2 Å². The summed E-state index contributed by atoms with van der Waals surface area (Å²) in [5.74, 6) is -1.43. The summed E-state index contributed by atoms with van der Waals surface area (Å²) in [6.45, 7) is 4.11. The van der Waals surface area contributed by atoms with E-state index in [9.17, 15) is 14.7 Å². The predicted molar refractivity (Wildman–Crippen MR) is 81.9 cm³/mol. The highest BCUT2D eigenvalue weighted by atomic mass is 35.5. The maximum atomic E-state index is 12.7. The Morgan fingerprint density at radius 2 is 1.86 bits per heavy atom. The second kappa shape index (κ2) is 5.85. The largest absolute Gasteiger partial charge is 0.480 e. The maximum Gasteiger partial charge on any atom is 0.326 e. The average molecular weight is 330 g/mol. The quantitative estimate of drug-likeness (QED) is 0.899. The van der Waals surface area contributed by atoms with Crippen LogP contribution in [0.1, 0.15) is 37.0 Å². The van der Waals surface area contributed by atoms with Gasteiger partial charge in [0.15, 0.2) is 0 Å². The fourth-order valence-corrected chi connectivity index (χ4v) is 3.48. The third kappa shape index (κ3) is 3.01. The third-order valence-electron chi connectivity index (χ3n) is 3.94. The van der Waals surface area contributed by atoms with Crippen molar-refractivity contribution in [2.45, 2.75) is 32.7 Å². The molecule has 0 spiro atoms. The predicted octanol–water partition coefficient (Wildman–Crippen LogP) is 3.71. The molecule has 114 valence electrons. The molecule has 1 aliphatic heterocycles. The first-order chi connectivity index (χ1) is 9.75. The molecular formula is C15H17Cl2NO3. The van der Waals surface area contributed by atoms with Crippen molar-refractivity contribution >= 4 is 35.1 Å². The topological polar surface area (TPSA) is 57.6 Å². The van der Waals surface area contributed by atoms with Crippen molar-refractivity contribution in [3.63, 3.8) is 0 Å². The number of carboxylic acid groups (broad SMARTS) is 1. The number of nitrogens with zero attached hydrogens (tertiary/aromatic N) is 1. The fourth-order valence-electron chi connectivity index (χ4n) is 2.92. The molecule has 4 nitrogen and oxygen atoms in total. The van der Waals surface area contributed by atoms with Crippen molar-refractivity contribution in [3.8, 4) is 0 Å². The number of likely N-dealkylation sites (tertiary alicyclic amines) is 1. The second-order valence-corrected chi connectivity index (χ2v) is 6.74. The van der Waals surface area contributed by atoms with Gasteiger partial charge in [-0.05, 0) is 30.4 Å². The standard InChI is InChI=1S/C15H17Cl2NO3/c1-15(2)7-4-8-18(12(15)14(20)21)13(19)11-9(16)5-3-6-10(11)17/h3,5-6,12H,4,7-8H2,1-2H3,(H,20,21). The van der Waals surface area contributed by atoms with E-state index in [4.69, 9.17) is 23.2 Å². The van der Waals surface area contributed by atoms with Gasteiger partial charge in [0.05, 0.1) is 15.6 Å². The molecule has 6 heteroatoms. The van der Waals surface area contributed by atoms with E-state index in [0.29, 0.717) is 6.54 Å². The number of carbonyl (C=O) groups excluding carboxylic acids is 1. The molecule has 1 aromatic rings. The molecule has 0 radical (unpaired) electrons. The van der Waals surface area contributed by atoms with Crippen LogP contribution in [-0.4, -0.2) is 34.5 Å². The van der Waals surface area contributed by atoms with E-state index >= 15 is 0 Å². The monoisotopic (exact) mass is 329 g/mol. The minimum Gasteiger partial charge on any atom is -0.480 e. The first-order valence-corrected chi connectivity index (χ1v) is 7.49. The fraction of sp³-hybridized carbons (Fsp3) is 0.467. The Kier molecular flexibility index (Phi) is 4.49. The van der Waals surface area contributed by atoms with Gasteiger partial charge in [0.2, 0.25) is 0 Å². The van der Waals surface area contributed by atoms with Crippen LogP contribution in [0.2, 0.25) is 10.0 Å². The van der Waals surface area contributed by atoms with Crippen molar-refractivity contribution in [2.24, 2.45) is 5.41 Å². The highest BCUT2D eigenvalue weighted by molar-refractivity contribution is 6.39. The van der Waals surface area contributed by atoms with Crippen molar-refractivity contribution < 1.29 is 14.7 Å². The number of hydrogen-bond acceptors (Lipinski definition) is 2. The molecule has 1 saturated heterocycles. The SMILES string of the molecule is CC1(C)CCCN(C(=O)c2c(Cl)cccc2Cl)C1C(=O)O. The average Bonchev–Trinajstić information content (AvgIpc) is 2.36. The number of hydrogen-bond donors (Lipinski definition) is 1. The van der Waals surface area contributed by atoms with E-state index in [0.717, 1.165) is 12.8 Å². The molecule has 0 bridgehead atoms. The van der Waals surface area contributed by atoms with Gasteiger partial charge >= 0.3 is 5.97 Å². The molecule has 2 rings (SSSR count). The number of amides is 1. The van der Waals surface area contributed by atoms with Gasteiger partial charge in [0.25, 0.3) is 5.91 Å². The third-order valence-corrected chi connectivity index (χ3v) is 4.57. The number of halogens is 2. The zero-order chi connectivity index (χ0) is 15.8. The van der Waals surface area contributed by atoms with Gasteiger partial charge in [0.1, 0.15) is 6.04 Å². The molecule has 1 unspecified atom stereocenters. The van der Waals surface area contributed by atoms with E-state index in [1.165, 1.54) is 4.90 Å². The smallest absolute Gasteiger partial charge is 0.326 e. The molecule has 1 aliphatic rings. The Morgan fingerprint density at radius 3 is 2.38 bits per heavy atom. The lowest BCUT2D eigenvalue weighted by Gasteiger charge is -2.44. The Labute approximate surface area is 133 Å². The van der Waals surface area contributed by atoms with Gasteiger partial charge in [0, 0.05) is 6.54 Å². The highest BCUT2D eigenvalue weighted by Gasteiger charge is 2.45. The zero-order valence-corrected chi connectivity index (χ0v) is 13.4. The number of carbonyl (C=O) groups is 2. The molecule has 1 aromatic carbocycles. The van der Waals surface area contributed by atoms with Crippen LogP contribution in [0.25, 0.3) is 0 Å². The molecular weight excluding hydrogens is 313 g/mol. The van der Waals surface area contributed by atoms with Gasteiger partial charge in [-0.1, -0.05) is 43.1 Å². The van der Waals surface area contributed by atoms with Crippen LogP contribution in [-0.2, 0) is 4.79 Å². The van der Waals surface area contributed by atoms with Crippen LogP contribution in [0.15, 0.2) is 18.2 Å². The van der Waals surface area contributed by atoms with E-state index < -0.39 is 23.3 Å². The summed E-state index contributed by atoms with van der Waals surface area (Å²) in [6, 6.07) is 3.92. The first kappa shape index (κ1) is 16.1. The molecule has 0 aromatic heterocycles. The normalized spacial score (nSPS) is 21.1. The van der Waals surface area contributed by atoms with Crippen LogP contribution in [0.4, 0.5) is 0 Å². The summed E-state index contributed by atoms with van der Waals surface area (Å²) in [7, 11) is 0. The van der Waals surface area contributed by atoms with Crippen LogP contribution < -0.4 is 0 Å². The van der Waals surface area contributed by atoms with Gasteiger partial charge in [-0.25, -0.2) is 4.79 Å². The molecule has 0 aliphatic carbocycles. The Morgan fingerprint density at radius 1 is 1.29 bits per heavy atom. The minimum absolute atomic E-state index is 0.171. The van der Waals surface area contributed by atoms with Gasteiger partial charge in [-0.15, -0.1) is 0 Å². The van der Waals surface area contributed by atoms with Crippen LogP contribution in [0.5, 0.6) is 0 Å². The van der Waals surface area contributed by atoms with Gasteiger partial charge in [-0.3, -0.25) is 4.79 Å². The lowest BCUT2D eigenvalue weighted by atomic mass is 9.76. The Balaban J connectivity index is 2.44. The Bertz CT molecular complexity index is 566. The summed E-state index contributed by atoms with van der Waals surface area (Å²) in [5, 5.41) is 9.99. The molecule has 1 amide bonds. The maximum absolute atomic E-state index is 12.7. The molecule has 1 fully saturated rings. The van der Waals surface area contributed by atoms with E-state index in [1.807, 2.05) is 13.8 Å². The van der Waals surface area contributed by atoms with Gasteiger partial charge in [-0.2, -0.15) is 0 Å². The van der Waals surface area contributed by atoms with E-state index in [-0.39, 0.29) is 15.6 Å². The molecule has 1 atom stereocenters. The van der Waals surface area contributed by atoms with E-state index in [2.05, 4.69) is 0 Å². The van der Waals surface area contributed by atoms with Crippen molar-refractivity contribution in [3.05, 3.63) is 33.8 Å². The summed E-state index contributed by atoms with van der Waals surface area (Å²) in [4.78, 5) is 25.7. The molecule has 21 heavy (non-hydrogen) atoms. The van der Waals surface area contributed by atoms with Crippen molar-refractivity contribution in [1.82, 2.24) is 4.90 Å². The minimum atomic E-state index is -1.00. The molecule has 1 N–H and O–H groups in total. The second-order valence-electron chi connectivity index (χ2n) is 5.93. The highest BCUT2D eigenvalue weighted by Crippen LogP contribution is 2.37. The summed E-state index contributed by atoms with van der Waals surface area (Å²) < 4.78 is 0. The van der Waals surface area contributed by atoms with E-state index in [1.54, 1.807) is 18.2 Å². The summed E-state index contributed by atoms with van der Waals surface area (Å²) in [6.07, 6.45) is 1.51. The van der Waals surface area contributed by atoms with Crippen molar-refractivity contribution in [1.29, 1.82) is 0 Å². The summed E-state index contributed by atoms with van der Waals surface area (Å²) >= 11 is 12.1. The lowest BCUT2D eigenvalue weighted by molar-refractivity contribution is -0.148. The number of carboxylic acids is 1. The number of rotatable bonds is 2. The number of piperidine rings is 1. The molecule has 0 saturated carbocycles. The van der Waals surface area contributed by atoms with Gasteiger partial charge < -0.3 is 10.0 Å². The number of aliphatic carboxylic acids is 1. The molecule has 1 heterocycles. The van der Waals surface area contributed by atoms with Crippen molar-refractivity contribution in [2.75, 3.05) is 6.54 Å². The van der Waals surface area contributed by atoms with Crippen LogP contribution in [0, 0.1) is 5.41 Å². The summed E-state index contributed by atoms with van der Waals surface area (Å²) in [5.41, 5.74) is -0.321. The van der Waals surface area contributed by atoms with Crippen LogP contribution in [0.3, 0.4) is 0 Å².